The van der Waals surface area contributed by atoms with Crippen molar-refractivity contribution in [3.8, 4) is 16.9 Å². The van der Waals surface area contributed by atoms with E-state index in [1.807, 2.05) is 12.1 Å². The maximum atomic E-state index is 15.2. The molecule has 2 atom stereocenters. The smallest absolute Gasteiger partial charge is 0.178 e. The molecule has 2 aliphatic heterocycles. The SMILES string of the molecule is Cc1ccc2c(c1)C(C)(C)c1c3c(c4cc(F)ccc4c1-2)OC(c1ccccc1)(c1ccc(N2CCCC(COSC(C)(C)C(C)C)C2)cc1)C=C3. The Morgan fingerprint density at radius 3 is 2.44 bits per heavy atom. The Hall–Kier alpha value is -4.06. The summed E-state index contributed by atoms with van der Waals surface area (Å²) in [6.07, 6.45) is 6.81. The molecule has 1 saturated heterocycles. The molecule has 0 aromatic heterocycles. The first-order valence-corrected chi connectivity index (χ1v) is 19.6. The van der Waals surface area contributed by atoms with Crippen LogP contribution in [0.3, 0.4) is 0 Å². The minimum Gasteiger partial charge on any atom is -0.472 e. The zero-order valence-electron chi connectivity index (χ0n) is 31.6. The molecule has 268 valence electrons. The van der Waals surface area contributed by atoms with Crippen molar-refractivity contribution in [2.24, 2.45) is 11.8 Å². The fourth-order valence-corrected chi connectivity index (χ4v) is 9.22. The molecule has 3 nitrogen and oxygen atoms in total. The van der Waals surface area contributed by atoms with Crippen LogP contribution in [0, 0.1) is 24.6 Å². The molecule has 0 N–H and O–H groups in total. The Labute approximate surface area is 313 Å². The Bertz CT molecular complexity index is 2170. The van der Waals surface area contributed by atoms with Crippen LogP contribution in [0.15, 0.2) is 97.1 Å². The summed E-state index contributed by atoms with van der Waals surface area (Å²) < 4.78 is 28.9. The van der Waals surface area contributed by atoms with Crippen molar-refractivity contribution in [1.82, 2.24) is 0 Å². The van der Waals surface area contributed by atoms with Crippen LogP contribution in [0.4, 0.5) is 10.1 Å². The predicted octanol–water partition coefficient (Wildman–Crippen LogP) is 12.3. The van der Waals surface area contributed by atoms with E-state index in [2.05, 4.69) is 132 Å². The first-order valence-electron chi connectivity index (χ1n) is 18.9. The van der Waals surface area contributed by atoms with Crippen LogP contribution in [0.5, 0.6) is 5.75 Å². The van der Waals surface area contributed by atoms with E-state index in [9.17, 15) is 0 Å². The number of halogens is 1. The minimum atomic E-state index is -0.898. The highest BCUT2D eigenvalue weighted by Crippen LogP contribution is 2.58. The van der Waals surface area contributed by atoms with Crippen molar-refractivity contribution in [2.45, 2.75) is 77.1 Å². The zero-order valence-corrected chi connectivity index (χ0v) is 32.4. The van der Waals surface area contributed by atoms with E-state index in [0.29, 0.717) is 11.8 Å². The van der Waals surface area contributed by atoms with Gasteiger partial charge in [0.1, 0.15) is 11.6 Å². The number of benzene rings is 5. The fraction of sp³-hybridized carbons (Fsp3) is 0.362. The first kappa shape index (κ1) is 35.0. The third-order valence-electron chi connectivity index (χ3n) is 12.1. The van der Waals surface area contributed by atoms with Crippen LogP contribution in [0.25, 0.3) is 28.0 Å². The molecule has 5 heteroatoms. The van der Waals surface area contributed by atoms with Gasteiger partial charge in [0.2, 0.25) is 0 Å². The van der Waals surface area contributed by atoms with Crippen molar-refractivity contribution in [1.29, 1.82) is 0 Å². The van der Waals surface area contributed by atoms with Crippen molar-refractivity contribution in [3.63, 3.8) is 0 Å². The van der Waals surface area contributed by atoms with Gasteiger partial charge in [0, 0.05) is 56.9 Å². The highest BCUT2D eigenvalue weighted by atomic mass is 32.2. The minimum absolute atomic E-state index is 0.0931. The van der Waals surface area contributed by atoms with E-state index in [1.165, 1.54) is 39.9 Å². The van der Waals surface area contributed by atoms with Gasteiger partial charge >= 0.3 is 0 Å². The van der Waals surface area contributed by atoms with Gasteiger partial charge in [0.05, 0.1) is 6.61 Å². The maximum Gasteiger partial charge on any atom is 0.178 e. The molecule has 1 fully saturated rings. The lowest BCUT2D eigenvalue weighted by Gasteiger charge is -2.39. The van der Waals surface area contributed by atoms with Crippen LogP contribution < -0.4 is 9.64 Å². The highest BCUT2D eigenvalue weighted by molar-refractivity contribution is 7.96. The molecule has 0 spiro atoms. The van der Waals surface area contributed by atoms with Crippen LogP contribution in [-0.2, 0) is 15.2 Å². The van der Waals surface area contributed by atoms with Crippen LogP contribution in [0.2, 0.25) is 0 Å². The third kappa shape index (κ3) is 5.85. The second-order valence-corrected chi connectivity index (χ2v) is 18.0. The van der Waals surface area contributed by atoms with Crippen molar-refractivity contribution >= 4 is 34.6 Å². The molecule has 2 heterocycles. The third-order valence-corrected chi connectivity index (χ3v) is 13.3. The molecule has 1 aliphatic carbocycles. The summed E-state index contributed by atoms with van der Waals surface area (Å²) in [7, 11) is 0. The molecule has 0 radical (unpaired) electrons. The molecule has 0 amide bonds. The molecule has 5 aromatic carbocycles. The van der Waals surface area contributed by atoms with E-state index >= 15 is 4.39 Å². The van der Waals surface area contributed by atoms with Gasteiger partial charge < -0.3 is 13.8 Å². The lowest BCUT2D eigenvalue weighted by molar-refractivity contribution is 0.163. The average molecular weight is 712 g/mol. The standard InChI is InChI=1S/C47H50FNO2S/c1-30(2)46(6,7)52-50-29-32-12-11-25-49(28-32)36-19-16-34(17-20-36)47(33-13-9-8-10-14-33)24-23-39-43-42(37-22-18-35(48)27-40(37)44(39)51-47)38-21-15-31(3)26-41(38)45(43,4)5/h8-10,13-24,26-27,30,32H,11-12,25,28-29H2,1-7H3. The lowest BCUT2D eigenvalue weighted by atomic mass is 9.76. The summed E-state index contributed by atoms with van der Waals surface area (Å²) in [6.45, 7) is 18.6. The van der Waals surface area contributed by atoms with E-state index in [4.69, 9.17) is 8.92 Å². The molecular weight excluding hydrogens is 662 g/mol. The number of hydrogen-bond donors (Lipinski definition) is 0. The molecular formula is C47H50FNO2S. The molecule has 8 rings (SSSR count). The maximum absolute atomic E-state index is 15.2. The van der Waals surface area contributed by atoms with Crippen molar-refractivity contribution in [2.75, 3.05) is 24.6 Å². The quantitative estimate of drug-likeness (QED) is 0.149. The summed E-state index contributed by atoms with van der Waals surface area (Å²) in [5.74, 6) is 1.51. The van der Waals surface area contributed by atoms with Gasteiger partial charge in [-0.2, -0.15) is 0 Å². The lowest BCUT2D eigenvalue weighted by Crippen LogP contribution is -2.37. The van der Waals surface area contributed by atoms with E-state index in [-0.39, 0.29) is 16.0 Å². The number of fused-ring (bicyclic) bond motifs is 8. The normalized spacial score (nSPS) is 20.5. The van der Waals surface area contributed by atoms with Crippen LogP contribution in [-0.4, -0.2) is 24.4 Å². The summed E-state index contributed by atoms with van der Waals surface area (Å²) in [5.41, 5.74) is 9.35. The number of rotatable bonds is 8. The predicted molar refractivity (Wildman–Crippen MR) is 217 cm³/mol. The van der Waals surface area contributed by atoms with E-state index in [1.54, 1.807) is 24.2 Å². The highest BCUT2D eigenvalue weighted by Gasteiger charge is 2.44. The summed E-state index contributed by atoms with van der Waals surface area (Å²) in [5, 5.41) is 1.82. The molecule has 2 unspecified atom stereocenters. The largest absolute Gasteiger partial charge is 0.472 e. The van der Waals surface area contributed by atoms with E-state index in [0.717, 1.165) is 59.3 Å². The van der Waals surface area contributed by atoms with Gasteiger partial charge in [-0.05, 0) is 110 Å². The Morgan fingerprint density at radius 2 is 1.69 bits per heavy atom. The van der Waals surface area contributed by atoms with Crippen molar-refractivity contribution < 1.29 is 13.3 Å². The van der Waals surface area contributed by atoms with Gasteiger partial charge in [-0.25, -0.2) is 4.39 Å². The first-order chi connectivity index (χ1) is 24.9. The molecule has 5 aromatic rings. The summed E-state index contributed by atoms with van der Waals surface area (Å²) in [4.78, 5) is 2.50. The van der Waals surface area contributed by atoms with Crippen molar-refractivity contribution in [3.05, 3.63) is 136 Å². The zero-order chi connectivity index (χ0) is 36.4. The second-order valence-electron chi connectivity index (χ2n) is 16.5. The number of piperidine rings is 1. The Balaban J connectivity index is 1.17. The number of anilines is 1. The van der Waals surface area contributed by atoms with Gasteiger partial charge in [-0.3, -0.25) is 0 Å². The number of nitrogens with zero attached hydrogens (tertiary/aromatic N) is 1. The Morgan fingerprint density at radius 1 is 0.942 bits per heavy atom. The van der Waals surface area contributed by atoms with Gasteiger partial charge in [0.15, 0.2) is 5.60 Å². The number of hydrogen-bond acceptors (Lipinski definition) is 4. The summed E-state index contributed by atoms with van der Waals surface area (Å²) >= 11 is 1.63. The fourth-order valence-electron chi connectivity index (χ4n) is 8.47. The van der Waals surface area contributed by atoms with E-state index < -0.39 is 5.60 Å². The van der Waals surface area contributed by atoms with Gasteiger partial charge in [-0.15, -0.1) is 0 Å². The number of ether oxygens (including phenoxy) is 1. The molecule has 0 bridgehead atoms. The van der Waals surface area contributed by atoms with Crippen LogP contribution in [0.1, 0.15) is 87.8 Å². The monoisotopic (exact) mass is 711 g/mol. The average Bonchev–Trinajstić information content (AvgIpc) is 3.37. The van der Waals surface area contributed by atoms with Gasteiger partial charge in [-0.1, -0.05) is 106 Å². The Kier molecular flexibility index (Phi) is 8.82. The molecule has 52 heavy (non-hydrogen) atoms. The second kappa shape index (κ2) is 13.1. The summed E-state index contributed by atoms with van der Waals surface area (Å²) in [6, 6.07) is 31.3. The van der Waals surface area contributed by atoms with Gasteiger partial charge in [0.25, 0.3) is 0 Å². The van der Waals surface area contributed by atoms with Crippen LogP contribution >= 0.6 is 12.0 Å². The number of aryl methyl sites for hydroxylation is 1. The molecule has 3 aliphatic rings. The topological polar surface area (TPSA) is 21.7 Å². The molecule has 0 saturated carbocycles.